The lowest BCUT2D eigenvalue weighted by Crippen LogP contribution is -2.12. The minimum Gasteiger partial charge on any atom is -0.496 e. The molecule has 0 aliphatic heterocycles. The molecule has 2 aromatic rings. The first-order valence-electron chi connectivity index (χ1n) is 6.19. The van der Waals surface area contributed by atoms with Gasteiger partial charge >= 0.3 is 5.97 Å². The zero-order valence-electron chi connectivity index (χ0n) is 11.9. The fourth-order valence-corrected chi connectivity index (χ4v) is 2.89. The Hall–Kier alpha value is -1.93. The Morgan fingerprint density at radius 2 is 2.14 bits per heavy atom. The first-order chi connectivity index (χ1) is 10.5. The molecule has 8 heteroatoms. The normalized spacial score (nSPS) is 10.1. The molecule has 1 heterocycles. The minimum atomic E-state index is -0.373. The molecule has 0 aliphatic carbocycles. The van der Waals surface area contributed by atoms with E-state index in [2.05, 4.69) is 31.0 Å². The van der Waals surface area contributed by atoms with E-state index in [4.69, 9.17) is 4.74 Å². The van der Waals surface area contributed by atoms with E-state index in [0.717, 1.165) is 0 Å². The molecule has 0 atom stereocenters. The molecule has 6 nitrogen and oxygen atoms in total. The van der Waals surface area contributed by atoms with Gasteiger partial charge in [0, 0.05) is 10.9 Å². The Morgan fingerprint density at radius 1 is 1.36 bits per heavy atom. The van der Waals surface area contributed by atoms with Crippen LogP contribution in [0.3, 0.4) is 0 Å². The number of nitrogens with zero attached hydrogens (tertiary/aromatic N) is 1. The average Bonchev–Trinajstić information content (AvgIpc) is 2.93. The Bertz CT molecular complexity index is 702. The molecule has 1 N–H and O–H groups in total. The molecule has 1 aromatic heterocycles. The number of ether oxygens (including phenoxy) is 2. The first-order valence-corrected chi connectivity index (χ1v) is 7.87. The summed E-state index contributed by atoms with van der Waals surface area (Å²) in [5, 5.41) is 4.82. The van der Waals surface area contributed by atoms with Gasteiger partial charge in [-0.25, -0.2) is 4.98 Å². The maximum absolute atomic E-state index is 12.2. The van der Waals surface area contributed by atoms with Gasteiger partial charge in [-0.15, -0.1) is 11.3 Å². The van der Waals surface area contributed by atoms with Crippen molar-refractivity contribution in [1.29, 1.82) is 0 Å². The van der Waals surface area contributed by atoms with Crippen molar-refractivity contribution < 1.29 is 19.1 Å². The Kier molecular flexibility index (Phi) is 5.51. The van der Waals surface area contributed by atoms with E-state index in [1.54, 1.807) is 30.7 Å². The van der Waals surface area contributed by atoms with Crippen LogP contribution in [-0.2, 0) is 16.0 Å². The number of carbonyl (C=O) groups is 2. The van der Waals surface area contributed by atoms with Gasteiger partial charge in [-0.3, -0.25) is 14.9 Å². The molecule has 0 unspecified atom stereocenters. The highest BCUT2D eigenvalue weighted by atomic mass is 79.9. The predicted octanol–water partition coefficient (Wildman–Crippen LogP) is 2.88. The molecule has 2 rings (SSSR count). The number of halogens is 1. The van der Waals surface area contributed by atoms with E-state index in [0.29, 0.717) is 26.6 Å². The van der Waals surface area contributed by atoms with Crippen molar-refractivity contribution in [3.05, 3.63) is 39.3 Å². The number of esters is 1. The molecule has 1 amide bonds. The van der Waals surface area contributed by atoms with Gasteiger partial charge in [0.2, 0.25) is 0 Å². The van der Waals surface area contributed by atoms with Crippen LogP contribution in [-0.4, -0.2) is 31.1 Å². The second-order valence-corrected chi connectivity index (χ2v) is 5.91. The smallest absolute Gasteiger partial charge is 0.311 e. The molecule has 116 valence electrons. The molecule has 0 radical (unpaired) electrons. The summed E-state index contributed by atoms with van der Waals surface area (Å²) in [6.07, 6.45) is 0.0803. The maximum Gasteiger partial charge on any atom is 0.311 e. The van der Waals surface area contributed by atoms with E-state index in [1.807, 2.05) is 0 Å². The van der Waals surface area contributed by atoms with Crippen LogP contribution in [0.15, 0.2) is 28.1 Å². The number of benzene rings is 1. The molecule has 0 fully saturated rings. The summed E-state index contributed by atoms with van der Waals surface area (Å²) in [5.41, 5.74) is 1.03. The number of carbonyl (C=O) groups excluding carboxylic acids is 2. The number of methoxy groups -OCH3 is 2. The van der Waals surface area contributed by atoms with Gasteiger partial charge in [0.05, 0.1) is 30.8 Å². The Balaban J connectivity index is 2.06. The molecular formula is C14H13BrN2O4S. The molecular weight excluding hydrogens is 372 g/mol. The van der Waals surface area contributed by atoms with Crippen molar-refractivity contribution in [1.82, 2.24) is 4.98 Å². The van der Waals surface area contributed by atoms with E-state index in [9.17, 15) is 9.59 Å². The van der Waals surface area contributed by atoms with Crippen LogP contribution in [0.1, 0.15) is 16.1 Å². The van der Waals surface area contributed by atoms with Crippen molar-refractivity contribution in [2.24, 2.45) is 0 Å². The van der Waals surface area contributed by atoms with Crippen LogP contribution in [0.25, 0.3) is 0 Å². The zero-order valence-corrected chi connectivity index (χ0v) is 14.3. The lowest BCUT2D eigenvalue weighted by molar-refractivity contribution is -0.139. The van der Waals surface area contributed by atoms with Gasteiger partial charge in [0.1, 0.15) is 5.75 Å². The number of aromatic nitrogens is 1. The summed E-state index contributed by atoms with van der Waals surface area (Å²) in [6, 6.07) is 5.02. The number of nitrogens with one attached hydrogen (secondary N) is 1. The average molecular weight is 385 g/mol. The van der Waals surface area contributed by atoms with Gasteiger partial charge in [0.15, 0.2) is 5.13 Å². The van der Waals surface area contributed by atoms with Crippen molar-refractivity contribution in [2.45, 2.75) is 6.42 Å². The highest BCUT2D eigenvalue weighted by Gasteiger charge is 2.12. The van der Waals surface area contributed by atoms with Gasteiger partial charge < -0.3 is 9.47 Å². The third kappa shape index (κ3) is 4.05. The van der Waals surface area contributed by atoms with Crippen molar-refractivity contribution in [3.63, 3.8) is 0 Å². The first kappa shape index (κ1) is 16.4. The quantitative estimate of drug-likeness (QED) is 0.801. The SMILES string of the molecule is COC(=O)Cc1csc(NC(=O)c2ccc(OC)c(Br)c2)n1. The molecule has 0 saturated heterocycles. The monoisotopic (exact) mass is 384 g/mol. The highest BCUT2D eigenvalue weighted by molar-refractivity contribution is 9.10. The number of amides is 1. The molecule has 0 aliphatic rings. The molecule has 0 saturated carbocycles. The lowest BCUT2D eigenvalue weighted by Gasteiger charge is -2.06. The summed E-state index contributed by atoms with van der Waals surface area (Å²) in [5.74, 6) is -0.0178. The Morgan fingerprint density at radius 3 is 2.77 bits per heavy atom. The van der Waals surface area contributed by atoms with Crippen LogP contribution < -0.4 is 10.1 Å². The molecule has 0 spiro atoms. The lowest BCUT2D eigenvalue weighted by atomic mass is 10.2. The van der Waals surface area contributed by atoms with E-state index in [1.165, 1.54) is 18.4 Å². The van der Waals surface area contributed by atoms with E-state index >= 15 is 0 Å². The number of hydrogen-bond acceptors (Lipinski definition) is 6. The molecule has 1 aromatic carbocycles. The summed E-state index contributed by atoms with van der Waals surface area (Å²) in [7, 11) is 2.87. The predicted molar refractivity (Wildman–Crippen MR) is 86.5 cm³/mol. The fourth-order valence-electron chi connectivity index (χ4n) is 1.64. The van der Waals surface area contributed by atoms with Crippen LogP contribution >= 0.6 is 27.3 Å². The number of rotatable bonds is 5. The van der Waals surface area contributed by atoms with Crippen molar-refractivity contribution >= 4 is 44.3 Å². The van der Waals surface area contributed by atoms with E-state index in [-0.39, 0.29) is 18.3 Å². The standard InChI is InChI=1S/C14H13BrN2O4S/c1-20-11-4-3-8(5-10(11)15)13(19)17-14-16-9(7-22-14)6-12(18)21-2/h3-5,7H,6H2,1-2H3,(H,16,17,19). The summed E-state index contributed by atoms with van der Waals surface area (Å²) in [6.45, 7) is 0. The third-order valence-electron chi connectivity index (χ3n) is 2.74. The van der Waals surface area contributed by atoms with Gasteiger partial charge in [-0.05, 0) is 34.1 Å². The Labute approximate surface area is 139 Å². The maximum atomic E-state index is 12.2. The topological polar surface area (TPSA) is 77.5 Å². The molecule has 22 heavy (non-hydrogen) atoms. The number of anilines is 1. The largest absolute Gasteiger partial charge is 0.496 e. The summed E-state index contributed by atoms with van der Waals surface area (Å²) in [4.78, 5) is 27.5. The summed E-state index contributed by atoms with van der Waals surface area (Å²) < 4.78 is 10.4. The zero-order chi connectivity index (χ0) is 16.1. The van der Waals surface area contributed by atoms with Gasteiger partial charge in [-0.1, -0.05) is 0 Å². The highest BCUT2D eigenvalue weighted by Crippen LogP contribution is 2.26. The van der Waals surface area contributed by atoms with E-state index < -0.39 is 0 Å². The van der Waals surface area contributed by atoms with Gasteiger partial charge in [0.25, 0.3) is 5.91 Å². The van der Waals surface area contributed by atoms with Crippen LogP contribution in [0.2, 0.25) is 0 Å². The number of thiazole rings is 1. The van der Waals surface area contributed by atoms with Crippen LogP contribution in [0, 0.1) is 0 Å². The third-order valence-corrected chi connectivity index (χ3v) is 4.17. The fraction of sp³-hybridized carbons (Fsp3) is 0.214. The van der Waals surface area contributed by atoms with Gasteiger partial charge in [-0.2, -0.15) is 0 Å². The van der Waals surface area contributed by atoms with Crippen molar-refractivity contribution in [3.8, 4) is 5.75 Å². The minimum absolute atomic E-state index is 0.0803. The van der Waals surface area contributed by atoms with Crippen molar-refractivity contribution in [2.75, 3.05) is 19.5 Å². The summed E-state index contributed by atoms with van der Waals surface area (Å²) >= 11 is 4.58. The second-order valence-electron chi connectivity index (χ2n) is 4.20. The van der Waals surface area contributed by atoms with Crippen LogP contribution in [0.5, 0.6) is 5.75 Å². The number of hydrogen-bond donors (Lipinski definition) is 1. The van der Waals surface area contributed by atoms with Crippen LogP contribution in [0.4, 0.5) is 5.13 Å². The second kappa shape index (κ2) is 7.37. The molecule has 0 bridgehead atoms.